The zero-order valence-corrected chi connectivity index (χ0v) is 14.9. The first kappa shape index (κ1) is 16.3. The maximum Gasteiger partial charge on any atom is 0.282 e. The minimum Gasteiger partial charge on any atom is -0.497 e. The number of amides is 1. The van der Waals surface area contributed by atoms with Gasteiger partial charge in [0.1, 0.15) is 17.3 Å². The molecule has 1 aliphatic rings. The maximum absolute atomic E-state index is 13.1. The molecule has 0 bridgehead atoms. The minimum atomic E-state index is -0.137. The molecule has 0 fully saturated rings. The van der Waals surface area contributed by atoms with Crippen LogP contribution in [0.15, 0.2) is 82.8 Å². The number of rotatable bonds is 4. The molecule has 0 N–H and O–H groups in total. The number of benzene rings is 2. The largest absolute Gasteiger partial charge is 0.497 e. The van der Waals surface area contributed by atoms with Gasteiger partial charge in [-0.2, -0.15) is 0 Å². The summed E-state index contributed by atoms with van der Waals surface area (Å²) in [6, 6.07) is 21.1. The molecule has 0 aliphatic carbocycles. The van der Waals surface area contributed by atoms with Gasteiger partial charge in [0.15, 0.2) is 0 Å². The molecule has 0 saturated carbocycles. The Morgan fingerprint density at radius 2 is 1.77 bits per heavy atom. The number of methoxy groups -OCH3 is 1. The fourth-order valence-corrected chi connectivity index (χ4v) is 3.43. The van der Waals surface area contributed by atoms with Crippen LogP contribution >= 0.6 is 11.3 Å². The van der Waals surface area contributed by atoms with E-state index in [9.17, 15) is 4.79 Å². The molecule has 3 aromatic rings. The summed E-state index contributed by atoms with van der Waals surface area (Å²) in [7, 11) is 1.62. The van der Waals surface area contributed by atoms with Crippen LogP contribution in [-0.2, 0) is 4.79 Å². The number of aliphatic imine (C=N–C) groups is 1. The van der Waals surface area contributed by atoms with E-state index in [-0.39, 0.29) is 5.91 Å². The van der Waals surface area contributed by atoms with E-state index in [0.717, 1.165) is 21.9 Å². The van der Waals surface area contributed by atoms with Crippen LogP contribution in [0, 0.1) is 0 Å². The number of ether oxygens (including phenoxy) is 1. The average molecular weight is 360 g/mol. The van der Waals surface area contributed by atoms with Crippen molar-refractivity contribution in [2.75, 3.05) is 12.0 Å². The molecule has 128 valence electrons. The van der Waals surface area contributed by atoms with Gasteiger partial charge in [0.25, 0.3) is 5.91 Å². The third-order valence-corrected chi connectivity index (χ3v) is 4.86. The second-order valence-electron chi connectivity index (χ2n) is 5.69. The van der Waals surface area contributed by atoms with Gasteiger partial charge in [-0.05, 0) is 41.8 Å². The monoisotopic (exact) mass is 360 g/mol. The summed E-state index contributed by atoms with van der Waals surface area (Å²) in [4.78, 5) is 20.4. The van der Waals surface area contributed by atoms with Gasteiger partial charge < -0.3 is 4.74 Å². The Bertz CT molecular complexity index is 975. The lowest BCUT2D eigenvalue weighted by Gasteiger charge is -2.18. The summed E-state index contributed by atoms with van der Waals surface area (Å²) in [6.45, 7) is 0. The van der Waals surface area contributed by atoms with Gasteiger partial charge in [-0.15, -0.1) is 11.3 Å². The second-order valence-corrected chi connectivity index (χ2v) is 6.66. The molecular weight excluding hydrogens is 344 g/mol. The van der Waals surface area contributed by atoms with E-state index in [1.54, 1.807) is 23.3 Å². The Morgan fingerprint density at radius 3 is 2.42 bits per heavy atom. The Hall–Kier alpha value is -3.18. The summed E-state index contributed by atoms with van der Waals surface area (Å²) in [5.74, 6) is 1.24. The van der Waals surface area contributed by atoms with Crippen LogP contribution in [0.4, 0.5) is 5.69 Å². The first-order valence-electron chi connectivity index (χ1n) is 8.14. The van der Waals surface area contributed by atoms with Crippen molar-refractivity contribution in [3.05, 3.63) is 88.2 Å². The normalized spacial score (nSPS) is 15.4. The van der Waals surface area contributed by atoms with E-state index in [2.05, 4.69) is 4.99 Å². The molecule has 0 saturated heterocycles. The maximum atomic E-state index is 13.1. The standard InChI is InChI=1S/C21H16N2O2S/c1-25-17-11-9-16(10-12-17)23-20(15-6-3-2-4-7-15)22-19(21(23)24)14-18-8-5-13-26-18/h2-14H,1H3/b19-14+. The van der Waals surface area contributed by atoms with Crippen LogP contribution in [0.2, 0.25) is 0 Å². The van der Waals surface area contributed by atoms with Gasteiger partial charge in [-0.25, -0.2) is 4.99 Å². The third-order valence-electron chi connectivity index (χ3n) is 4.05. The topological polar surface area (TPSA) is 41.9 Å². The van der Waals surface area contributed by atoms with E-state index in [1.807, 2.05) is 78.2 Å². The third kappa shape index (κ3) is 3.05. The molecule has 2 heterocycles. The van der Waals surface area contributed by atoms with Crippen molar-refractivity contribution < 1.29 is 9.53 Å². The van der Waals surface area contributed by atoms with E-state index in [4.69, 9.17) is 4.74 Å². The first-order valence-corrected chi connectivity index (χ1v) is 9.02. The zero-order valence-electron chi connectivity index (χ0n) is 14.1. The molecule has 4 rings (SSSR count). The highest BCUT2D eigenvalue weighted by Gasteiger charge is 2.32. The van der Waals surface area contributed by atoms with Gasteiger partial charge in [0, 0.05) is 10.4 Å². The fourth-order valence-electron chi connectivity index (χ4n) is 2.78. The lowest BCUT2D eigenvalue weighted by atomic mass is 10.1. The van der Waals surface area contributed by atoms with Crippen molar-refractivity contribution in [1.29, 1.82) is 0 Å². The molecule has 0 unspecified atom stereocenters. The van der Waals surface area contributed by atoms with Gasteiger partial charge >= 0.3 is 0 Å². The lowest BCUT2D eigenvalue weighted by molar-refractivity contribution is -0.113. The van der Waals surface area contributed by atoms with Crippen molar-refractivity contribution in [3.63, 3.8) is 0 Å². The van der Waals surface area contributed by atoms with Gasteiger partial charge in [0.05, 0.1) is 12.8 Å². The summed E-state index contributed by atoms with van der Waals surface area (Å²) < 4.78 is 5.22. The predicted molar refractivity (Wildman–Crippen MR) is 106 cm³/mol. The van der Waals surface area contributed by atoms with Crippen molar-refractivity contribution in [3.8, 4) is 5.75 Å². The summed E-state index contributed by atoms with van der Waals surface area (Å²) in [6.07, 6.45) is 1.83. The van der Waals surface area contributed by atoms with Crippen LogP contribution < -0.4 is 9.64 Å². The van der Waals surface area contributed by atoms with E-state index in [1.165, 1.54) is 0 Å². The SMILES string of the molecule is COc1ccc(N2C(=O)/C(=C\c3cccs3)N=C2c2ccccc2)cc1. The van der Waals surface area contributed by atoms with Crippen LogP contribution in [0.1, 0.15) is 10.4 Å². The molecule has 4 nitrogen and oxygen atoms in total. The Kier molecular flexibility index (Phi) is 4.37. The van der Waals surface area contributed by atoms with E-state index < -0.39 is 0 Å². The lowest BCUT2D eigenvalue weighted by Crippen LogP contribution is -2.32. The van der Waals surface area contributed by atoms with Crippen LogP contribution in [-0.4, -0.2) is 18.9 Å². The van der Waals surface area contributed by atoms with Crippen molar-refractivity contribution >= 4 is 34.8 Å². The number of hydrogen-bond acceptors (Lipinski definition) is 4. The number of amidine groups is 1. The molecule has 2 aromatic carbocycles. The number of carbonyl (C=O) groups excluding carboxylic acids is 1. The average Bonchev–Trinajstić information content (AvgIpc) is 3.31. The molecule has 0 radical (unpaired) electrons. The van der Waals surface area contributed by atoms with Gasteiger partial charge in [0.2, 0.25) is 0 Å². The van der Waals surface area contributed by atoms with Crippen molar-refractivity contribution in [1.82, 2.24) is 0 Å². The quantitative estimate of drug-likeness (QED) is 0.639. The number of nitrogens with zero attached hydrogens (tertiary/aromatic N) is 2. The van der Waals surface area contributed by atoms with Crippen molar-refractivity contribution in [2.45, 2.75) is 0 Å². The summed E-state index contributed by atoms with van der Waals surface area (Å²) in [5, 5.41) is 1.98. The Labute approximate surface area is 155 Å². The molecule has 0 spiro atoms. The predicted octanol–water partition coefficient (Wildman–Crippen LogP) is 4.59. The Balaban J connectivity index is 1.80. The fraction of sp³-hybridized carbons (Fsp3) is 0.0476. The highest BCUT2D eigenvalue weighted by atomic mass is 32.1. The first-order chi connectivity index (χ1) is 12.8. The van der Waals surface area contributed by atoms with Crippen LogP contribution in [0.5, 0.6) is 5.75 Å². The molecule has 1 amide bonds. The van der Waals surface area contributed by atoms with E-state index in [0.29, 0.717) is 11.5 Å². The Morgan fingerprint density at radius 1 is 1.00 bits per heavy atom. The summed E-state index contributed by atoms with van der Waals surface area (Å²) in [5.41, 5.74) is 2.08. The molecule has 5 heteroatoms. The smallest absolute Gasteiger partial charge is 0.282 e. The molecular formula is C21H16N2O2S. The number of hydrogen-bond donors (Lipinski definition) is 0. The number of carbonyl (C=O) groups is 1. The van der Waals surface area contributed by atoms with Crippen LogP contribution in [0.3, 0.4) is 0 Å². The molecule has 1 aromatic heterocycles. The number of anilines is 1. The summed E-state index contributed by atoms with van der Waals surface area (Å²) >= 11 is 1.58. The highest BCUT2D eigenvalue weighted by molar-refractivity contribution is 7.10. The minimum absolute atomic E-state index is 0.137. The zero-order chi connectivity index (χ0) is 17.9. The highest BCUT2D eigenvalue weighted by Crippen LogP contribution is 2.29. The molecule has 1 aliphatic heterocycles. The van der Waals surface area contributed by atoms with Crippen molar-refractivity contribution in [2.24, 2.45) is 4.99 Å². The van der Waals surface area contributed by atoms with E-state index >= 15 is 0 Å². The van der Waals surface area contributed by atoms with Crippen LogP contribution in [0.25, 0.3) is 6.08 Å². The van der Waals surface area contributed by atoms with Gasteiger partial charge in [-0.3, -0.25) is 9.69 Å². The second kappa shape index (κ2) is 6.98. The molecule has 26 heavy (non-hydrogen) atoms. The molecule has 0 atom stereocenters. The number of thiophene rings is 1. The van der Waals surface area contributed by atoms with Gasteiger partial charge in [-0.1, -0.05) is 36.4 Å².